The van der Waals surface area contributed by atoms with Crippen LogP contribution in [0.3, 0.4) is 0 Å². The Kier molecular flexibility index (Phi) is 5.26. The van der Waals surface area contributed by atoms with Gasteiger partial charge in [-0.05, 0) is 51.5 Å². The van der Waals surface area contributed by atoms with Crippen molar-refractivity contribution in [2.24, 2.45) is 17.6 Å². The fourth-order valence-electron chi connectivity index (χ4n) is 1.81. The summed E-state index contributed by atoms with van der Waals surface area (Å²) in [6, 6.07) is 0.335. The highest BCUT2D eigenvalue weighted by Gasteiger charge is 2.27. The Bertz CT molecular complexity index is 224. The van der Waals surface area contributed by atoms with Gasteiger partial charge in [0.2, 0.25) is 5.91 Å². The minimum atomic E-state index is 0.308. The molecule has 1 amide bonds. The van der Waals surface area contributed by atoms with Gasteiger partial charge < -0.3 is 10.6 Å². The molecule has 1 fully saturated rings. The molecule has 1 atom stereocenters. The smallest absolute Gasteiger partial charge is 0.222 e. The van der Waals surface area contributed by atoms with Crippen LogP contribution in [-0.4, -0.2) is 29.9 Å². The summed E-state index contributed by atoms with van der Waals surface area (Å²) in [5, 5.41) is 0. The zero-order chi connectivity index (χ0) is 12.1. The van der Waals surface area contributed by atoms with Crippen molar-refractivity contribution in [3.63, 3.8) is 0 Å². The molecule has 1 rings (SSSR count). The lowest BCUT2D eigenvalue weighted by molar-refractivity contribution is -0.133. The molecule has 1 saturated carbocycles. The van der Waals surface area contributed by atoms with Gasteiger partial charge in [-0.1, -0.05) is 6.92 Å². The highest BCUT2D eigenvalue weighted by Crippen LogP contribution is 2.30. The van der Waals surface area contributed by atoms with Crippen LogP contribution < -0.4 is 5.73 Å². The summed E-state index contributed by atoms with van der Waals surface area (Å²) < 4.78 is 0. The molecule has 0 aromatic rings. The molecule has 2 N–H and O–H groups in total. The topological polar surface area (TPSA) is 46.3 Å². The summed E-state index contributed by atoms with van der Waals surface area (Å²) in [7, 11) is 0. The van der Waals surface area contributed by atoms with Crippen LogP contribution in [0.15, 0.2) is 0 Å². The molecule has 0 aromatic heterocycles. The Labute approximate surface area is 99.4 Å². The van der Waals surface area contributed by atoms with Gasteiger partial charge in [-0.15, -0.1) is 0 Å². The summed E-state index contributed by atoms with van der Waals surface area (Å²) in [4.78, 5) is 14.1. The minimum Gasteiger partial charge on any atom is -0.340 e. The number of hydrogen-bond acceptors (Lipinski definition) is 2. The molecular weight excluding hydrogens is 200 g/mol. The van der Waals surface area contributed by atoms with Gasteiger partial charge in [-0.25, -0.2) is 0 Å². The second-order valence-corrected chi connectivity index (χ2v) is 5.46. The maximum absolute atomic E-state index is 12.1. The summed E-state index contributed by atoms with van der Waals surface area (Å²) >= 11 is 0. The number of nitrogens with two attached hydrogens (primary N) is 1. The van der Waals surface area contributed by atoms with E-state index in [0.717, 1.165) is 18.9 Å². The van der Waals surface area contributed by atoms with Crippen LogP contribution in [0, 0.1) is 11.8 Å². The Morgan fingerprint density at radius 3 is 2.44 bits per heavy atom. The summed E-state index contributed by atoms with van der Waals surface area (Å²) in [6.45, 7) is 7.96. The van der Waals surface area contributed by atoms with Crippen molar-refractivity contribution < 1.29 is 4.79 Å². The van der Waals surface area contributed by atoms with Crippen molar-refractivity contribution in [1.82, 2.24) is 4.90 Å². The van der Waals surface area contributed by atoms with Crippen molar-refractivity contribution >= 4 is 5.91 Å². The van der Waals surface area contributed by atoms with Crippen LogP contribution in [0.25, 0.3) is 0 Å². The molecule has 0 aromatic carbocycles. The van der Waals surface area contributed by atoms with E-state index in [1.807, 2.05) is 4.90 Å². The van der Waals surface area contributed by atoms with Gasteiger partial charge in [0.15, 0.2) is 0 Å². The van der Waals surface area contributed by atoms with Crippen LogP contribution in [-0.2, 0) is 4.79 Å². The van der Waals surface area contributed by atoms with Gasteiger partial charge in [0.25, 0.3) is 0 Å². The Morgan fingerprint density at radius 2 is 2.00 bits per heavy atom. The van der Waals surface area contributed by atoms with E-state index >= 15 is 0 Å². The quantitative estimate of drug-likeness (QED) is 0.722. The molecule has 0 aliphatic heterocycles. The fourth-order valence-corrected chi connectivity index (χ4v) is 1.81. The fraction of sp³-hybridized carbons (Fsp3) is 0.923. The van der Waals surface area contributed by atoms with Gasteiger partial charge in [-0.3, -0.25) is 4.79 Å². The molecule has 94 valence electrons. The lowest BCUT2D eigenvalue weighted by Crippen LogP contribution is -2.38. The zero-order valence-electron chi connectivity index (χ0n) is 10.9. The molecule has 0 radical (unpaired) electrons. The SMILES string of the molecule is CC(CN)CCC(=O)N(CC1CC1)C(C)C. The van der Waals surface area contributed by atoms with Crippen LogP contribution >= 0.6 is 0 Å². The number of rotatable bonds is 7. The van der Waals surface area contributed by atoms with Gasteiger partial charge in [0.05, 0.1) is 0 Å². The Balaban J connectivity index is 2.34. The van der Waals surface area contributed by atoms with E-state index in [1.165, 1.54) is 12.8 Å². The summed E-state index contributed by atoms with van der Waals surface area (Å²) in [5.41, 5.74) is 5.56. The molecule has 1 aliphatic rings. The molecule has 16 heavy (non-hydrogen) atoms. The van der Waals surface area contributed by atoms with Gasteiger partial charge in [0.1, 0.15) is 0 Å². The number of hydrogen-bond donors (Lipinski definition) is 1. The normalized spacial score (nSPS) is 17.6. The van der Waals surface area contributed by atoms with E-state index in [4.69, 9.17) is 5.73 Å². The molecule has 0 spiro atoms. The average Bonchev–Trinajstić information content (AvgIpc) is 3.05. The van der Waals surface area contributed by atoms with Crippen LogP contribution in [0.1, 0.15) is 46.5 Å². The third-order valence-electron chi connectivity index (χ3n) is 3.35. The molecule has 3 heteroatoms. The minimum absolute atomic E-state index is 0.308. The lowest BCUT2D eigenvalue weighted by atomic mass is 10.1. The van der Waals surface area contributed by atoms with Crippen LogP contribution in [0.4, 0.5) is 0 Å². The largest absolute Gasteiger partial charge is 0.340 e. The maximum atomic E-state index is 12.1. The Hall–Kier alpha value is -0.570. The predicted molar refractivity (Wildman–Crippen MR) is 67.0 cm³/mol. The molecule has 1 unspecified atom stereocenters. The van der Waals surface area contributed by atoms with E-state index in [2.05, 4.69) is 20.8 Å². The summed E-state index contributed by atoms with van der Waals surface area (Å²) in [5.74, 6) is 1.54. The summed E-state index contributed by atoms with van der Waals surface area (Å²) in [6.07, 6.45) is 4.18. The van der Waals surface area contributed by atoms with E-state index < -0.39 is 0 Å². The second-order valence-electron chi connectivity index (χ2n) is 5.46. The first kappa shape index (κ1) is 13.5. The first-order valence-corrected chi connectivity index (χ1v) is 6.54. The predicted octanol–water partition coefficient (Wildman–Crippen LogP) is 2.01. The third kappa shape index (κ3) is 4.52. The first-order valence-electron chi connectivity index (χ1n) is 6.54. The number of carbonyl (C=O) groups is 1. The van der Waals surface area contributed by atoms with E-state index in [9.17, 15) is 4.79 Å². The van der Waals surface area contributed by atoms with Crippen molar-refractivity contribution in [3.05, 3.63) is 0 Å². The molecule has 1 aliphatic carbocycles. The van der Waals surface area contributed by atoms with Crippen LogP contribution in [0.5, 0.6) is 0 Å². The number of nitrogens with zero attached hydrogens (tertiary/aromatic N) is 1. The monoisotopic (exact) mass is 226 g/mol. The van der Waals surface area contributed by atoms with E-state index in [-0.39, 0.29) is 0 Å². The highest BCUT2D eigenvalue weighted by molar-refractivity contribution is 5.76. The van der Waals surface area contributed by atoms with E-state index in [1.54, 1.807) is 0 Å². The van der Waals surface area contributed by atoms with Gasteiger partial charge in [-0.2, -0.15) is 0 Å². The van der Waals surface area contributed by atoms with E-state index in [0.29, 0.717) is 30.8 Å². The van der Waals surface area contributed by atoms with Gasteiger partial charge in [0, 0.05) is 19.0 Å². The molecule has 3 nitrogen and oxygen atoms in total. The van der Waals surface area contributed by atoms with Crippen molar-refractivity contribution in [3.8, 4) is 0 Å². The standard InChI is InChI=1S/C13H26N2O/c1-10(2)15(9-12-5-6-12)13(16)7-4-11(3)8-14/h10-12H,4-9,14H2,1-3H3. The molecular formula is C13H26N2O. The third-order valence-corrected chi connectivity index (χ3v) is 3.35. The molecule has 0 bridgehead atoms. The van der Waals surface area contributed by atoms with Crippen molar-refractivity contribution in [2.45, 2.75) is 52.5 Å². The first-order chi connectivity index (χ1) is 7.54. The van der Waals surface area contributed by atoms with Crippen LogP contribution in [0.2, 0.25) is 0 Å². The lowest BCUT2D eigenvalue weighted by Gasteiger charge is -2.27. The number of amides is 1. The van der Waals surface area contributed by atoms with Gasteiger partial charge >= 0.3 is 0 Å². The Morgan fingerprint density at radius 1 is 1.38 bits per heavy atom. The van der Waals surface area contributed by atoms with Crippen molar-refractivity contribution in [2.75, 3.05) is 13.1 Å². The maximum Gasteiger partial charge on any atom is 0.222 e. The molecule has 0 saturated heterocycles. The zero-order valence-corrected chi connectivity index (χ0v) is 10.9. The second kappa shape index (κ2) is 6.24. The molecule has 0 heterocycles. The number of carbonyl (C=O) groups excluding carboxylic acids is 1. The average molecular weight is 226 g/mol. The van der Waals surface area contributed by atoms with Crippen molar-refractivity contribution in [1.29, 1.82) is 0 Å². The highest BCUT2D eigenvalue weighted by atomic mass is 16.2.